The first-order chi connectivity index (χ1) is 9.55. The Morgan fingerprint density at radius 3 is 2.30 bits per heavy atom. The summed E-state index contributed by atoms with van der Waals surface area (Å²) in [6, 6.07) is 8.85. The van der Waals surface area contributed by atoms with Crippen LogP contribution in [0.2, 0.25) is 0 Å². The molecule has 1 saturated carbocycles. The van der Waals surface area contributed by atoms with Crippen LogP contribution in [0, 0.1) is 0 Å². The van der Waals surface area contributed by atoms with E-state index in [0.717, 1.165) is 31.2 Å². The van der Waals surface area contributed by atoms with Crippen molar-refractivity contribution in [3.63, 3.8) is 0 Å². The second-order valence-electron chi connectivity index (χ2n) is 6.26. The van der Waals surface area contributed by atoms with Crippen molar-refractivity contribution in [2.75, 3.05) is 13.2 Å². The van der Waals surface area contributed by atoms with E-state index in [2.05, 4.69) is 43.4 Å². The van der Waals surface area contributed by atoms with Crippen molar-refractivity contribution in [3.8, 4) is 0 Å². The Kier molecular flexibility index (Phi) is 5.19. The molecule has 0 aliphatic heterocycles. The Morgan fingerprint density at radius 1 is 1.20 bits per heavy atom. The van der Waals surface area contributed by atoms with Crippen LogP contribution < -0.4 is 5.32 Å². The summed E-state index contributed by atoms with van der Waals surface area (Å²) < 4.78 is 0. The zero-order valence-corrected chi connectivity index (χ0v) is 12.6. The van der Waals surface area contributed by atoms with Crippen LogP contribution in [0.25, 0.3) is 0 Å². The lowest BCUT2D eigenvalue weighted by Crippen LogP contribution is -2.40. The number of hydrogen-bond donors (Lipinski definition) is 3. The van der Waals surface area contributed by atoms with Gasteiger partial charge in [0.05, 0.1) is 12.2 Å². The quantitative estimate of drug-likeness (QED) is 0.775. The number of benzene rings is 1. The molecule has 0 aromatic heterocycles. The maximum absolute atomic E-state index is 10.8. The number of aliphatic hydroxyl groups excluding tert-OH is 1. The van der Waals surface area contributed by atoms with Crippen molar-refractivity contribution in [2.45, 2.75) is 57.1 Å². The van der Waals surface area contributed by atoms with Crippen molar-refractivity contribution in [3.05, 3.63) is 35.4 Å². The highest BCUT2D eigenvalue weighted by molar-refractivity contribution is 5.29. The van der Waals surface area contributed by atoms with Crippen LogP contribution in [0.4, 0.5) is 0 Å². The largest absolute Gasteiger partial charge is 0.395 e. The molecule has 0 saturated heterocycles. The lowest BCUT2D eigenvalue weighted by molar-refractivity contribution is -0.00857. The predicted octanol–water partition coefficient (Wildman–Crippen LogP) is 2.52. The summed E-state index contributed by atoms with van der Waals surface area (Å²) >= 11 is 0. The molecule has 20 heavy (non-hydrogen) atoms. The molecular formula is C17H27NO2. The van der Waals surface area contributed by atoms with Gasteiger partial charge in [-0.2, -0.15) is 0 Å². The van der Waals surface area contributed by atoms with Crippen molar-refractivity contribution < 1.29 is 10.2 Å². The number of hydrogen-bond acceptors (Lipinski definition) is 3. The van der Waals surface area contributed by atoms with Gasteiger partial charge in [0.25, 0.3) is 0 Å². The molecule has 0 bridgehead atoms. The maximum Gasteiger partial charge on any atom is 0.0897 e. The van der Waals surface area contributed by atoms with Gasteiger partial charge in [0, 0.05) is 12.6 Å². The van der Waals surface area contributed by atoms with Gasteiger partial charge in [0.2, 0.25) is 0 Å². The second-order valence-corrected chi connectivity index (χ2v) is 6.26. The van der Waals surface area contributed by atoms with Crippen LogP contribution >= 0.6 is 0 Å². The van der Waals surface area contributed by atoms with Gasteiger partial charge in [0.15, 0.2) is 0 Å². The summed E-state index contributed by atoms with van der Waals surface area (Å²) in [7, 11) is 0. The zero-order valence-electron chi connectivity index (χ0n) is 12.6. The minimum Gasteiger partial charge on any atom is -0.395 e. The highest BCUT2D eigenvalue weighted by atomic mass is 16.3. The molecule has 2 rings (SSSR count). The monoisotopic (exact) mass is 277 g/mol. The van der Waals surface area contributed by atoms with Crippen LogP contribution in [0.3, 0.4) is 0 Å². The fraction of sp³-hybridized carbons (Fsp3) is 0.647. The Balaban J connectivity index is 1.98. The van der Waals surface area contributed by atoms with Gasteiger partial charge in [-0.25, -0.2) is 0 Å². The van der Waals surface area contributed by atoms with Crippen LogP contribution in [-0.2, 0) is 5.60 Å². The van der Waals surface area contributed by atoms with Gasteiger partial charge in [-0.05, 0) is 42.7 Å². The van der Waals surface area contributed by atoms with E-state index in [0.29, 0.717) is 18.5 Å². The third-order valence-corrected chi connectivity index (χ3v) is 4.47. The molecule has 0 heterocycles. The van der Waals surface area contributed by atoms with Gasteiger partial charge in [-0.1, -0.05) is 38.1 Å². The molecule has 3 heteroatoms. The van der Waals surface area contributed by atoms with Gasteiger partial charge in [-0.15, -0.1) is 0 Å². The van der Waals surface area contributed by atoms with Crippen molar-refractivity contribution in [1.29, 1.82) is 0 Å². The Morgan fingerprint density at radius 2 is 1.80 bits per heavy atom. The van der Waals surface area contributed by atoms with E-state index in [1.165, 1.54) is 5.56 Å². The molecule has 3 nitrogen and oxygen atoms in total. The molecule has 1 fully saturated rings. The fourth-order valence-electron chi connectivity index (χ4n) is 3.04. The van der Waals surface area contributed by atoms with Gasteiger partial charge < -0.3 is 15.5 Å². The summed E-state index contributed by atoms with van der Waals surface area (Å²) in [5, 5.41) is 23.0. The van der Waals surface area contributed by atoms with Crippen molar-refractivity contribution in [1.82, 2.24) is 5.32 Å². The van der Waals surface area contributed by atoms with E-state index in [-0.39, 0.29) is 6.61 Å². The molecule has 1 aromatic carbocycles. The molecule has 0 radical (unpaired) electrons. The second kappa shape index (κ2) is 6.70. The molecule has 0 spiro atoms. The molecule has 1 aliphatic carbocycles. The minimum atomic E-state index is -0.674. The molecule has 112 valence electrons. The van der Waals surface area contributed by atoms with Gasteiger partial charge in [0.1, 0.15) is 0 Å². The van der Waals surface area contributed by atoms with Crippen molar-refractivity contribution in [2.24, 2.45) is 0 Å². The van der Waals surface area contributed by atoms with E-state index in [9.17, 15) is 5.11 Å². The molecule has 0 amide bonds. The first-order valence-corrected chi connectivity index (χ1v) is 7.72. The lowest BCUT2D eigenvalue weighted by atomic mass is 9.77. The smallest absolute Gasteiger partial charge is 0.0897 e. The number of rotatable bonds is 5. The summed E-state index contributed by atoms with van der Waals surface area (Å²) in [6.07, 6.45) is 3.50. The van der Waals surface area contributed by atoms with E-state index in [1.807, 2.05) is 0 Å². The highest BCUT2D eigenvalue weighted by Crippen LogP contribution is 2.37. The summed E-state index contributed by atoms with van der Waals surface area (Å²) in [5.74, 6) is 0.525. The molecule has 1 aromatic rings. The third-order valence-electron chi connectivity index (χ3n) is 4.47. The highest BCUT2D eigenvalue weighted by Gasteiger charge is 2.34. The van der Waals surface area contributed by atoms with Gasteiger partial charge in [-0.3, -0.25) is 0 Å². The molecular weight excluding hydrogens is 250 g/mol. The van der Waals surface area contributed by atoms with Crippen molar-refractivity contribution >= 4 is 0 Å². The first kappa shape index (κ1) is 15.5. The summed E-state index contributed by atoms with van der Waals surface area (Å²) in [4.78, 5) is 0. The summed E-state index contributed by atoms with van der Waals surface area (Å²) in [5.41, 5.74) is 1.69. The number of aliphatic hydroxyl groups is 2. The average Bonchev–Trinajstić information content (AvgIpc) is 2.47. The first-order valence-electron chi connectivity index (χ1n) is 7.72. The van der Waals surface area contributed by atoms with E-state index >= 15 is 0 Å². The third kappa shape index (κ3) is 3.60. The molecule has 0 unspecified atom stereocenters. The zero-order chi connectivity index (χ0) is 14.6. The topological polar surface area (TPSA) is 52.5 Å². The van der Waals surface area contributed by atoms with E-state index in [4.69, 9.17) is 5.11 Å². The van der Waals surface area contributed by atoms with E-state index in [1.54, 1.807) is 0 Å². The average molecular weight is 277 g/mol. The lowest BCUT2D eigenvalue weighted by Gasteiger charge is -2.37. The molecule has 1 aliphatic rings. The Bertz CT molecular complexity index is 406. The van der Waals surface area contributed by atoms with Gasteiger partial charge >= 0.3 is 0 Å². The molecule has 0 atom stereocenters. The summed E-state index contributed by atoms with van der Waals surface area (Å²) in [6.45, 7) is 5.19. The predicted molar refractivity (Wildman–Crippen MR) is 81.8 cm³/mol. The Hall–Kier alpha value is -0.900. The normalized spacial score (nSPS) is 26.9. The Labute approximate surface area is 122 Å². The van der Waals surface area contributed by atoms with Crippen LogP contribution in [-0.4, -0.2) is 29.4 Å². The van der Waals surface area contributed by atoms with E-state index < -0.39 is 5.60 Å². The SMILES string of the molecule is CC(C)c1ccc(C2(O)CCC(NCCO)CC2)cc1. The maximum atomic E-state index is 10.8. The van der Waals surface area contributed by atoms with Crippen LogP contribution in [0.5, 0.6) is 0 Å². The fourth-order valence-corrected chi connectivity index (χ4v) is 3.04. The standard InChI is InChI=1S/C17H27NO2/c1-13(2)14-3-5-15(6-4-14)17(20)9-7-16(8-10-17)18-11-12-19/h3-6,13,16,18-20H,7-12H2,1-2H3. The van der Waals surface area contributed by atoms with Crippen LogP contribution in [0.15, 0.2) is 24.3 Å². The number of nitrogens with one attached hydrogen (secondary N) is 1. The molecule has 3 N–H and O–H groups in total. The minimum absolute atomic E-state index is 0.178. The van der Waals surface area contributed by atoms with Crippen LogP contribution in [0.1, 0.15) is 56.6 Å².